The normalized spacial score (nSPS) is 13.2. The van der Waals surface area contributed by atoms with Gasteiger partial charge in [-0.05, 0) is 49.4 Å². The van der Waals surface area contributed by atoms with Crippen molar-refractivity contribution < 1.29 is 22.5 Å². The second-order valence-electron chi connectivity index (χ2n) is 11.5. The number of nitrogens with one attached hydrogen (secondary N) is 1. The highest BCUT2D eigenvalue weighted by molar-refractivity contribution is 5.90. The van der Waals surface area contributed by atoms with Crippen molar-refractivity contribution in [2.24, 2.45) is 11.1 Å². The molecule has 0 spiro atoms. The zero-order chi connectivity index (χ0) is 30.6. The maximum Gasteiger partial charge on any atom is 0.322 e. The van der Waals surface area contributed by atoms with Gasteiger partial charge in [0.05, 0.1) is 11.7 Å². The highest BCUT2D eigenvalue weighted by Gasteiger charge is 2.39. The molecule has 2 aromatic heterocycles. The minimum Gasteiger partial charge on any atom is -0.359 e. The lowest BCUT2D eigenvalue weighted by atomic mass is 9.84. The van der Waals surface area contributed by atoms with E-state index in [1.807, 2.05) is 55.7 Å². The van der Waals surface area contributed by atoms with Crippen LogP contribution >= 0.6 is 0 Å². The number of hydrogen-bond donors (Lipinski definition) is 2. The Kier molecular flexibility index (Phi) is 9.40. The molecule has 2 atom stereocenters. The van der Waals surface area contributed by atoms with E-state index in [9.17, 15) is 18.0 Å². The van der Waals surface area contributed by atoms with E-state index in [2.05, 4.69) is 10.5 Å². The summed E-state index contributed by atoms with van der Waals surface area (Å²) in [4.78, 5) is 20.4. The van der Waals surface area contributed by atoms with Crippen molar-refractivity contribution in [2.45, 2.75) is 59.7 Å². The number of alkyl halides is 1. The van der Waals surface area contributed by atoms with Gasteiger partial charge in [-0.1, -0.05) is 56.3 Å². The van der Waals surface area contributed by atoms with Gasteiger partial charge < -0.3 is 25.0 Å². The highest BCUT2D eigenvalue weighted by atomic mass is 19.1. The molecule has 224 valence electrons. The number of aromatic nitrogens is 3. The summed E-state index contributed by atoms with van der Waals surface area (Å²) in [7, 11) is 0. The molecule has 0 saturated carbocycles. The Labute approximate surface area is 243 Å². The van der Waals surface area contributed by atoms with Crippen LogP contribution in [0.4, 0.5) is 23.7 Å². The van der Waals surface area contributed by atoms with Crippen LogP contribution in [0.15, 0.2) is 59.3 Å². The fourth-order valence-corrected chi connectivity index (χ4v) is 4.94. The summed E-state index contributed by atoms with van der Waals surface area (Å²) in [6.07, 6.45) is 1.85. The fraction of sp³-hybridized carbons (Fsp3) is 0.387. The van der Waals surface area contributed by atoms with Crippen LogP contribution in [0.3, 0.4) is 0 Å². The molecule has 4 aromatic rings. The molecule has 0 aliphatic rings. The maximum absolute atomic E-state index is 14.9. The zero-order valence-corrected chi connectivity index (χ0v) is 24.5. The fourth-order valence-electron chi connectivity index (χ4n) is 4.94. The van der Waals surface area contributed by atoms with Crippen LogP contribution in [0, 0.1) is 30.9 Å². The number of nitrogens with zero attached hydrogens (tertiary/aromatic N) is 4. The molecule has 2 amide bonds. The Morgan fingerprint density at radius 1 is 1.14 bits per heavy atom. The lowest BCUT2D eigenvalue weighted by Crippen LogP contribution is -2.46. The molecule has 42 heavy (non-hydrogen) atoms. The third kappa shape index (κ3) is 7.02. The van der Waals surface area contributed by atoms with Crippen LogP contribution < -0.4 is 11.1 Å². The summed E-state index contributed by atoms with van der Waals surface area (Å²) in [6.45, 7) is 8.97. The summed E-state index contributed by atoms with van der Waals surface area (Å²) in [5, 5.41) is 6.82. The monoisotopic (exact) mass is 582 g/mol. The summed E-state index contributed by atoms with van der Waals surface area (Å²) in [6, 6.07) is 10.9. The molecule has 11 heteroatoms. The molecule has 4 rings (SSSR count). The smallest absolute Gasteiger partial charge is 0.322 e. The Balaban J connectivity index is 1.87. The van der Waals surface area contributed by atoms with E-state index >= 15 is 0 Å². The quantitative estimate of drug-likeness (QED) is 0.214. The molecule has 0 bridgehead atoms. The van der Waals surface area contributed by atoms with Gasteiger partial charge in [0.2, 0.25) is 0 Å². The second-order valence-corrected chi connectivity index (χ2v) is 11.5. The SMILES string of the molecule is Cc1noc(C)c1NC(=O)N(CC[C@H](N)CF)C(c1nc(-c2cc(F)ccc2F)cn1Cc1ccccc1)C(C)(C)C. The summed E-state index contributed by atoms with van der Waals surface area (Å²) in [5.41, 5.74) is 7.43. The molecule has 1 unspecified atom stereocenters. The van der Waals surface area contributed by atoms with Crippen LogP contribution in [0.1, 0.15) is 56.1 Å². The summed E-state index contributed by atoms with van der Waals surface area (Å²) >= 11 is 0. The predicted octanol–water partition coefficient (Wildman–Crippen LogP) is 6.79. The average Bonchev–Trinajstić information content (AvgIpc) is 3.49. The Morgan fingerprint density at radius 3 is 2.48 bits per heavy atom. The number of urea groups is 1. The minimum absolute atomic E-state index is 0.00175. The first-order valence-electron chi connectivity index (χ1n) is 13.8. The van der Waals surface area contributed by atoms with E-state index in [1.165, 1.54) is 0 Å². The van der Waals surface area contributed by atoms with Crippen LogP contribution in [-0.2, 0) is 6.54 Å². The molecular weight excluding hydrogens is 545 g/mol. The van der Waals surface area contributed by atoms with Crippen molar-refractivity contribution in [3.8, 4) is 11.3 Å². The van der Waals surface area contributed by atoms with Crippen molar-refractivity contribution in [1.29, 1.82) is 0 Å². The number of aryl methyl sites for hydroxylation is 2. The van der Waals surface area contributed by atoms with Crippen LogP contribution in [0.2, 0.25) is 0 Å². The average molecular weight is 583 g/mol. The predicted molar refractivity (Wildman–Crippen MR) is 156 cm³/mol. The maximum atomic E-state index is 14.9. The van der Waals surface area contributed by atoms with E-state index in [0.717, 1.165) is 23.8 Å². The molecule has 0 fully saturated rings. The minimum atomic E-state index is -0.777. The van der Waals surface area contributed by atoms with Gasteiger partial charge in [-0.15, -0.1) is 0 Å². The number of halogens is 3. The van der Waals surface area contributed by atoms with E-state index in [0.29, 0.717) is 29.5 Å². The van der Waals surface area contributed by atoms with Crippen LogP contribution in [-0.4, -0.2) is 44.9 Å². The number of carbonyl (C=O) groups is 1. The molecule has 0 aliphatic carbocycles. The van der Waals surface area contributed by atoms with Crippen molar-refractivity contribution in [2.75, 3.05) is 18.5 Å². The first-order chi connectivity index (χ1) is 19.9. The second kappa shape index (κ2) is 12.8. The van der Waals surface area contributed by atoms with Gasteiger partial charge in [0.25, 0.3) is 0 Å². The number of benzene rings is 2. The van der Waals surface area contributed by atoms with Gasteiger partial charge in [-0.2, -0.15) is 0 Å². The van der Waals surface area contributed by atoms with Gasteiger partial charge in [0, 0.05) is 30.9 Å². The molecule has 2 aromatic carbocycles. The third-order valence-electron chi connectivity index (χ3n) is 7.05. The lowest BCUT2D eigenvalue weighted by molar-refractivity contribution is 0.113. The number of amides is 2. The van der Waals surface area contributed by atoms with Gasteiger partial charge in [0.1, 0.15) is 35.5 Å². The zero-order valence-electron chi connectivity index (χ0n) is 24.5. The topological polar surface area (TPSA) is 102 Å². The van der Waals surface area contributed by atoms with Gasteiger partial charge in [-0.3, -0.25) is 0 Å². The van der Waals surface area contributed by atoms with E-state index in [1.54, 1.807) is 24.9 Å². The van der Waals surface area contributed by atoms with Gasteiger partial charge >= 0.3 is 6.03 Å². The van der Waals surface area contributed by atoms with E-state index in [4.69, 9.17) is 15.2 Å². The molecule has 0 aliphatic heterocycles. The molecule has 8 nitrogen and oxygen atoms in total. The number of anilines is 1. The van der Waals surface area contributed by atoms with Crippen LogP contribution in [0.25, 0.3) is 11.3 Å². The van der Waals surface area contributed by atoms with Crippen molar-refractivity contribution in [3.05, 3.63) is 89.2 Å². The van der Waals surface area contributed by atoms with Crippen molar-refractivity contribution in [3.63, 3.8) is 0 Å². The Hall–Kier alpha value is -4.12. The third-order valence-corrected chi connectivity index (χ3v) is 7.05. The molecule has 0 saturated heterocycles. The van der Waals surface area contributed by atoms with E-state index < -0.39 is 41.8 Å². The van der Waals surface area contributed by atoms with Gasteiger partial charge in [0.15, 0.2) is 5.76 Å². The lowest BCUT2D eigenvalue weighted by Gasteiger charge is -2.40. The number of rotatable bonds is 10. The molecule has 2 heterocycles. The first kappa shape index (κ1) is 30.8. The summed E-state index contributed by atoms with van der Waals surface area (Å²) in [5.74, 6) is -0.337. The largest absolute Gasteiger partial charge is 0.359 e. The first-order valence-corrected chi connectivity index (χ1v) is 13.8. The Morgan fingerprint density at radius 2 is 1.86 bits per heavy atom. The van der Waals surface area contributed by atoms with Crippen molar-refractivity contribution in [1.82, 2.24) is 19.6 Å². The number of hydrogen-bond acceptors (Lipinski definition) is 5. The number of nitrogens with two attached hydrogens (primary N) is 1. The van der Waals surface area contributed by atoms with Crippen molar-refractivity contribution >= 4 is 11.7 Å². The molecule has 3 N–H and O–H groups in total. The Bertz CT molecular complexity index is 1490. The standard InChI is InChI=1S/C31H37F3N6O2/c1-19-27(20(2)42-38-19)37-30(41)40(14-13-23(35)16-32)28(31(3,4)5)29-36-26(24-15-22(33)11-12-25(24)34)18-39(29)17-21-9-7-6-8-10-21/h6-12,15,18,23,28H,13-14,16-17,35H2,1-5H3,(H,37,41)/t23-,28?/m0/s1. The van der Waals surface area contributed by atoms with Crippen LogP contribution in [0.5, 0.6) is 0 Å². The van der Waals surface area contributed by atoms with E-state index in [-0.39, 0.29) is 24.2 Å². The molecular formula is C31H37F3N6O2. The summed E-state index contributed by atoms with van der Waals surface area (Å²) < 4.78 is 49.6. The molecule has 0 radical (unpaired) electrons. The number of imidazole rings is 1. The highest BCUT2D eigenvalue weighted by Crippen LogP contribution is 2.40. The number of carbonyl (C=O) groups excluding carboxylic acids is 1. The van der Waals surface area contributed by atoms with Gasteiger partial charge in [-0.25, -0.2) is 22.9 Å².